The van der Waals surface area contributed by atoms with Gasteiger partial charge in [-0.1, -0.05) is 13.3 Å². The van der Waals surface area contributed by atoms with Gasteiger partial charge in [-0.3, -0.25) is 9.69 Å². The number of hydrogen-bond donors (Lipinski definition) is 1. The van der Waals surface area contributed by atoms with E-state index in [9.17, 15) is 4.79 Å². The van der Waals surface area contributed by atoms with Gasteiger partial charge in [-0.25, -0.2) is 4.98 Å². The number of aromatic nitrogens is 1. The van der Waals surface area contributed by atoms with Crippen LogP contribution in [0.5, 0.6) is 0 Å². The van der Waals surface area contributed by atoms with Crippen LogP contribution in [0, 0.1) is 0 Å². The summed E-state index contributed by atoms with van der Waals surface area (Å²) in [5.74, 6) is 0.218. The second-order valence-electron chi connectivity index (χ2n) is 4.57. The molecule has 0 aliphatic carbocycles. The zero-order valence-corrected chi connectivity index (χ0v) is 13.0. The minimum absolute atomic E-state index is 0.255. The Morgan fingerprint density at radius 1 is 1.47 bits per heavy atom. The Hall–Kier alpha value is -0.650. The number of unbranched alkanes of at least 4 members (excludes halogenated alkanes) is 1. The number of nitrogens with zero attached hydrogens (tertiary/aromatic N) is 2. The Morgan fingerprint density at radius 3 is 2.79 bits per heavy atom. The van der Waals surface area contributed by atoms with E-state index < -0.39 is 0 Å². The van der Waals surface area contributed by atoms with Crippen LogP contribution in [0.1, 0.15) is 36.9 Å². The summed E-state index contributed by atoms with van der Waals surface area (Å²) in [7, 11) is 0. The van der Waals surface area contributed by atoms with Crippen molar-refractivity contribution in [3.8, 4) is 0 Å². The van der Waals surface area contributed by atoms with Crippen molar-refractivity contribution in [3.05, 3.63) is 16.1 Å². The summed E-state index contributed by atoms with van der Waals surface area (Å²) in [6.07, 6.45) is 4.15. The molecule has 6 heteroatoms. The van der Waals surface area contributed by atoms with Crippen molar-refractivity contribution in [2.75, 3.05) is 19.6 Å². The number of amides is 1. The SMILES string of the molecule is CCCCN(CCCc1nc(CCl)cs1)CC(N)=O. The van der Waals surface area contributed by atoms with Gasteiger partial charge < -0.3 is 5.73 Å². The minimum Gasteiger partial charge on any atom is -0.369 e. The van der Waals surface area contributed by atoms with Crippen LogP contribution in [0.15, 0.2) is 5.38 Å². The van der Waals surface area contributed by atoms with E-state index in [1.165, 1.54) is 0 Å². The number of alkyl halides is 1. The first-order valence-corrected chi connectivity index (χ1v) is 8.07. The maximum absolute atomic E-state index is 11.0. The molecule has 4 nitrogen and oxygen atoms in total. The Kier molecular flexibility index (Phi) is 8.02. The van der Waals surface area contributed by atoms with Crippen LogP contribution in [0.3, 0.4) is 0 Å². The highest BCUT2D eigenvalue weighted by Gasteiger charge is 2.08. The number of carbonyl (C=O) groups excluding carboxylic acids is 1. The monoisotopic (exact) mass is 303 g/mol. The fourth-order valence-corrected chi connectivity index (χ4v) is 2.92. The molecule has 1 amide bonds. The second-order valence-corrected chi connectivity index (χ2v) is 5.78. The number of carbonyl (C=O) groups is 1. The third kappa shape index (κ3) is 6.89. The standard InChI is InChI=1S/C13H22ClN3OS/c1-2-3-6-17(9-12(15)18)7-4-5-13-16-11(8-14)10-19-13/h10H,2-9H2,1H3,(H2,15,18). The van der Waals surface area contributed by atoms with Crippen molar-refractivity contribution in [1.29, 1.82) is 0 Å². The summed E-state index contributed by atoms with van der Waals surface area (Å²) >= 11 is 7.38. The third-order valence-electron chi connectivity index (χ3n) is 2.81. The Morgan fingerprint density at radius 2 is 2.21 bits per heavy atom. The molecule has 0 atom stereocenters. The quantitative estimate of drug-likeness (QED) is 0.675. The summed E-state index contributed by atoms with van der Waals surface area (Å²) in [6, 6.07) is 0. The molecule has 0 radical (unpaired) electrons. The van der Waals surface area contributed by atoms with Gasteiger partial charge in [0.1, 0.15) is 0 Å². The molecule has 1 aromatic heterocycles. The Bertz CT molecular complexity index is 384. The van der Waals surface area contributed by atoms with Gasteiger partial charge in [-0.2, -0.15) is 0 Å². The van der Waals surface area contributed by atoms with Crippen molar-refractivity contribution in [3.63, 3.8) is 0 Å². The molecule has 0 aliphatic rings. The number of thiazole rings is 1. The van der Waals surface area contributed by atoms with E-state index in [2.05, 4.69) is 16.8 Å². The van der Waals surface area contributed by atoms with Crippen molar-refractivity contribution in [1.82, 2.24) is 9.88 Å². The first kappa shape index (κ1) is 16.4. The van der Waals surface area contributed by atoms with Crippen molar-refractivity contribution in [2.24, 2.45) is 5.73 Å². The van der Waals surface area contributed by atoms with Gasteiger partial charge in [-0.15, -0.1) is 22.9 Å². The summed E-state index contributed by atoms with van der Waals surface area (Å²) in [5.41, 5.74) is 6.21. The molecular formula is C13H22ClN3OS. The molecule has 0 saturated heterocycles. The molecular weight excluding hydrogens is 282 g/mol. The van der Waals surface area contributed by atoms with Gasteiger partial charge in [0.15, 0.2) is 0 Å². The smallest absolute Gasteiger partial charge is 0.231 e. The van der Waals surface area contributed by atoms with Gasteiger partial charge in [0, 0.05) is 11.8 Å². The highest BCUT2D eigenvalue weighted by Crippen LogP contribution is 2.13. The number of rotatable bonds is 10. The zero-order valence-electron chi connectivity index (χ0n) is 11.4. The van der Waals surface area contributed by atoms with E-state index in [0.717, 1.165) is 49.5 Å². The minimum atomic E-state index is -0.255. The fraction of sp³-hybridized carbons (Fsp3) is 0.692. The number of aryl methyl sites for hydroxylation is 1. The highest BCUT2D eigenvalue weighted by molar-refractivity contribution is 7.09. The molecule has 0 bridgehead atoms. The lowest BCUT2D eigenvalue weighted by Crippen LogP contribution is -2.35. The Labute approximate surface area is 124 Å². The van der Waals surface area contributed by atoms with Crippen LogP contribution >= 0.6 is 22.9 Å². The largest absolute Gasteiger partial charge is 0.369 e. The summed E-state index contributed by atoms with van der Waals surface area (Å²) in [6.45, 7) is 4.32. The first-order chi connectivity index (χ1) is 9.15. The van der Waals surface area contributed by atoms with Gasteiger partial charge in [-0.05, 0) is 25.9 Å². The molecule has 0 saturated carbocycles. The van der Waals surface area contributed by atoms with Crippen LogP contribution in [0.25, 0.3) is 0 Å². The number of hydrogen-bond acceptors (Lipinski definition) is 4. The molecule has 1 heterocycles. The van der Waals surface area contributed by atoms with Gasteiger partial charge in [0.25, 0.3) is 0 Å². The van der Waals surface area contributed by atoms with Crippen LogP contribution < -0.4 is 5.73 Å². The van der Waals surface area contributed by atoms with E-state index in [4.69, 9.17) is 17.3 Å². The summed E-state index contributed by atoms with van der Waals surface area (Å²) in [4.78, 5) is 17.6. The van der Waals surface area contributed by atoms with Crippen LogP contribution in [0.2, 0.25) is 0 Å². The topological polar surface area (TPSA) is 59.2 Å². The van der Waals surface area contributed by atoms with E-state index >= 15 is 0 Å². The number of primary amides is 1. The van der Waals surface area contributed by atoms with E-state index in [0.29, 0.717) is 12.4 Å². The van der Waals surface area contributed by atoms with Crippen molar-refractivity contribution in [2.45, 2.75) is 38.5 Å². The highest BCUT2D eigenvalue weighted by atomic mass is 35.5. The average molecular weight is 304 g/mol. The van der Waals surface area contributed by atoms with Gasteiger partial charge >= 0.3 is 0 Å². The molecule has 19 heavy (non-hydrogen) atoms. The van der Waals surface area contributed by atoms with Crippen molar-refractivity contribution >= 4 is 28.8 Å². The summed E-state index contributed by atoms with van der Waals surface area (Å²) in [5, 5.41) is 3.12. The van der Waals surface area contributed by atoms with Crippen LogP contribution in [-0.4, -0.2) is 35.4 Å². The average Bonchev–Trinajstić information content (AvgIpc) is 2.83. The predicted molar refractivity (Wildman–Crippen MR) is 80.5 cm³/mol. The lowest BCUT2D eigenvalue weighted by molar-refractivity contribution is -0.119. The first-order valence-electron chi connectivity index (χ1n) is 6.65. The fourth-order valence-electron chi connectivity index (χ4n) is 1.85. The molecule has 0 fully saturated rings. The molecule has 108 valence electrons. The molecule has 0 aromatic carbocycles. The zero-order chi connectivity index (χ0) is 14.1. The van der Waals surface area contributed by atoms with Gasteiger partial charge in [0.05, 0.1) is 23.1 Å². The predicted octanol–water partition coefficient (Wildman–Crippen LogP) is 2.40. The molecule has 1 rings (SSSR count). The second kappa shape index (κ2) is 9.28. The number of nitrogens with two attached hydrogens (primary N) is 1. The molecule has 2 N–H and O–H groups in total. The molecule has 0 spiro atoms. The molecule has 0 unspecified atom stereocenters. The lowest BCUT2D eigenvalue weighted by atomic mass is 10.2. The van der Waals surface area contributed by atoms with Gasteiger partial charge in [0.2, 0.25) is 5.91 Å². The third-order valence-corrected chi connectivity index (χ3v) is 4.04. The normalized spacial score (nSPS) is 11.1. The van der Waals surface area contributed by atoms with E-state index in [1.54, 1.807) is 11.3 Å². The van der Waals surface area contributed by atoms with E-state index in [1.807, 2.05) is 5.38 Å². The van der Waals surface area contributed by atoms with Crippen LogP contribution in [-0.2, 0) is 17.1 Å². The van der Waals surface area contributed by atoms with E-state index in [-0.39, 0.29) is 5.91 Å². The van der Waals surface area contributed by atoms with Crippen molar-refractivity contribution < 1.29 is 4.79 Å². The lowest BCUT2D eigenvalue weighted by Gasteiger charge is -2.19. The Balaban J connectivity index is 2.31. The molecule has 1 aromatic rings. The maximum Gasteiger partial charge on any atom is 0.231 e. The maximum atomic E-state index is 11.0. The summed E-state index contributed by atoms with van der Waals surface area (Å²) < 4.78 is 0. The number of halogens is 1. The van der Waals surface area contributed by atoms with Crippen LogP contribution in [0.4, 0.5) is 0 Å². The molecule has 0 aliphatic heterocycles.